The highest BCUT2D eigenvalue weighted by Crippen LogP contribution is 2.11. The molecule has 14 heteroatoms. The number of hydrogen-bond donors (Lipinski definition) is 9. The van der Waals surface area contributed by atoms with Crippen molar-refractivity contribution in [3.8, 4) is 0 Å². The van der Waals surface area contributed by atoms with Crippen molar-refractivity contribution >= 4 is 29.4 Å². The molecule has 0 fully saturated rings. The molecule has 0 aliphatic carbocycles. The fourth-order valence-electron chi connectivity index (χ4n) is 6.16. The molecular formula is C37H75N9O5. The summed E-state index contributed by atoms with van der Waals surface area (Å²) in [5.74, 6) is -0.775. The van der Waals surface area contributed by atoms with Gasteiger partial charge < -0.3 is 48.3 Å². The molecule has 10 N–H and O–H groups in total. The van der Waals surface area contributed by atoms with Crippen molar-refractivity contribution in [2.45, 2.75) is 153 Å². The summed E-state index contributed by atoms with van der Waals surface area (Å²) in [7, 11) is 7.46. The maximum Gasteiger partial charge on any atom is 0.222 e. The van der Waals surface area contributed by atoms with Crippen LogP contribution in [0.5, 0.6) is 0 Å². The van der Waals surface area contributed by atoms with E-state index in [1.165, 1.54) is 6.92 Å². The van der Waals surface area contributed by atoms with Crippen LogP contribution in [0.15, 0.2) is 0 Å². The molecule has 0 aliphatic heterocycles. The van der Waals surface area contributed by atoms with Gasteiger partial charge in [-0.2, -0.15) is 0 Å². The van der Waals surface area contributed by atoms with Gasteiger partial charge in [-0.1, -0.05) is 26.2 Å². The van der Waals surface area contributed by atoms with E-state index >= 15 is 0 Å². The molecular weight excluding hydrogens is 650 g/mol. The van der Waals surface area contributed by atoms with Crippen molar-refractivity contribution in [3.05, 3.63) is 0 Å². The van der Waals surface area contributed by atoms with Gasteiger partial charge in [0.25, 0.3) is 0 Å². The third-order valence-corrected chi connectivity index (χ3v) is 8.83. The zero-order valence-corrected chi connectivity index (χ0v) is 32.9. The van der Waals surface area contributed by atoms with Gasteiger partial charge in [-0.3, -0.25) is 24.0 Å². The second-order valence-electron chi connectivity index (χ2n) is 14.0. The second-order valence-corrected chi connectivity index (χ2v) is 14.0. The normalized spacial score (nSPS) is 14.2. The van der Waals surface area contributed by atoms with Crippen molar-refractivity contribution in [2.75, 3.05) is 54.4 Å². The molecule has 0 aromatic heterocycles. The quantitative estimate of drug-likeness (QED) is 0.0436. The van der Waals surface area contributed by atoms with Crippen LogP contribution in [0.2, 0.25) is 0 Å². The van der Waals surface area contributed by atoms with Crippen LogP contribution in [0.25, 0.3) is 0 Å². The number of carbonyl (C=O) groups is 5. The van der Waals surface area contributed by atoms with E-state index in [4.69, 9.17) is 5.73 Å². The van der Waals surface area contributed by atoms with Crippen LogP contribution in [0.4, 0.5) is 0 Å². The van der Waals surface area contributed by atoms with E-state index in [9.17, 15) is 24.0 Å². The van der Waals surface area contributed by atoms with Crippen LogP contribution in [0.3, 0.4) is 0 Å². The molecule has 5 unspecified atom stereocenters. The van der Waals surface area contributed by atoms with Crippen LogP contribution in [0.1, 0.15) is 123 Å². The molecule has 0 bridgehead atoms. The largest absolute Gasteiger partial charge is 0.353 e. The summed E-state index contributed by atoms with van der Waals surface area (Å²) >= 11 is 0. The van der Waals surface area contributed by atoms with Crippen LogP contribution in [-0.2, 0) is 24.0 Å². The van der Waals surface area contributed by atoms with Gasteiger partial charge in [0.15, 0.2) is 0 Å². The minimum Gasteiger partial charge on any atom is -0.353 e. The molecule has 0 spiro atoms. The Morgan fingerprint density at radius 1 is 0.451 bits per heavy atom. The minimum absolute atomic E-state index is 0.0358. The molecule has 0 saturated carbocycles. The van der Waals surface area contributed by atoms with Crippen molar-refractivity contribution in [1.82, 2.24) is 42.5 Å². The van der Waals surface area contributed by atoms with Gasteiger partial charge in [0.1, 0.15) is 5.78 Å². The fourth-order valence-corrected chi connectivity index (χ4v) is 6.16. The molecule has 0 aliphatic rings. The summed E-state index contributed by atoms with van der Waals surface area (Å²) < 4.78 is 0. The molecule has 4 amide bonds. The Morgan fingerprint density at radius 2 is 0.765 bits per heavy atom. The topological polar surface area (TPSA) is 208 Å². The van der Waals surface area contributed by atoms with Gasteiger partial charge in [-0.05, 0) is 119 Å². The zero-order valence-electron chi connectivity index (χ0n) is 32.9. The number of hydrogen-bond acceptors (Lipinski definition) is 10. The number of Topliss-reactive ketones (excluding diaryl/α,β-unsaturated/α-hetero) is 1. The Balaban J connectivity index is 5.52. The Bertz CT molecular complexity index is 955. The molecule has 298 valence electrons. The van der Waals surface area contributed by atoms with Gasteiger partial charge in [-0.25, -0.2) is 0 Å². The molecule has 0 aromatic carbocycles. The van der Waals surface area contributed by atoms with Crippen LogP contribution in [-0.4, -0.2) is 114 Å². The minimum atomic E-state index is -0.412. The van der Waals surface area contributed by atoms with Gasteiger partial charge in [-0.15, -0.1) is 0 Å². The lowest BCUT2D eigenvalue weighted by molar-refractivity contribution is -0.125. The van der Waals surface area contributed by atoms with Crippen molar-refractivity contribution in [3.63, 3.8) is 0 Å². The van der Waals surface area contributed by atoms with E-state index in [1.54, 1.807) is 0 Å². The Morgan fingerprint density at radius 3 is 1.10 bits per heavy atom. The predicted octanol–water partition coefficient (Wildman–Crippen LogP) is 1.37. The first-order chi connectivity index (χ1) is 24.5. The number of carbonyl (C=O) groups excluding carboxylic acids is 5. The van der Waals surface area contributed by atoms with Crippen LogP contribution >= 0.6 is 0 Å². The number of nitrogens with two attached hydrogens (primary N) is 1. The van der Waals surface area contributed by atoms with E-state index in [2.05, 4.69) is 49.5 Å². The van der Waals surface area contributed by atoms with Gasteiger partial charge in [0.2, 0.25) is 23.6 Å². The number of rotatable bonds is 34. The summed E-state index contributed by atoms with van der Waals surface area (Å²) in [6, 6.07) is -1.61. The van der Waals surface area contributed by atoms with Crippen molar-refractivity contribution < 1.29 is 24.0 Å². The average Bonchev–Trinajstić information content (AvgIpc) is 3.04. The first-order valence-electron chi connectivity index (χ1n) is 19.5. The number of unbranched alkanes of at least 4 members (excludes halogenated alkanes) is 2. The predicted molar refractivity (Wildman–Crippen MR) is 206 cm³/mol. The van der Waals surface area contributed by atoms with Crippen molar-refractivity contribution in [1.29, 1.82) is 0 Å². The van der Waals surface area contributed by atoms with E-state index in [1.807, 2.05) is 28.2 Å². The van der Waals surface area contributed by atoms with Crippen molar-refractivity contribution in [2.24, 2.45) is 5.73 Å². The highest BCUT2D eigenvalue weighted by molar-refractivity contribution is 5.83. The molecule has 0 saturated heterocycles. The lowest BCUT2D eigenvalue weighted by Gasteiger charge is -2.24. The average molecular weight is 726 g/mol. The number of ketones is 1. The third-order valence-electron chi connectivity index (χ3n) is 8.83. The molecule has 14 nitrogen and oxygen atoms in total. The molecule has 5 atom stereocenters. The standard InChI is InChI=1S/C37H75N9O5/c1-7-8-9-15-30(23-28(2)47)43-35(49)26-32(17-12-21-41-5)45-37(51)27-33(18-13-22-42-6)46-36(50)25-31(16-11-20-40-4)44-34(48)24-29(38)14-10-19-39-3/h29-33,39-42H,7-27,38H2,1-6H3,(H,43,49)(H,44,48)(H,45,51)(H,46,50). The lowest BCUT2D eigenvalue weighted by Crippen LogP contribution is -2.46. The fraction of sp³-hybridized carbons (Fsp3) is 0.865. The highest BCUT2D eigenvalue weighted by Gasteiger charge is 2.24. The monoisotopic (exact) mass is 726 g/mol. The SMILES string of the molecule is CCCCCC(CC(C)=O)NC(=O)CC(CCCNC)NC(=O)CC(CCCNC)NC(=O)CC(CCCNC)NC(=O)CC(N)CCCNC. The molecule has 0 rings (SSSR count). The molecule has 51 heavy (non-hydrogen) atoms. The summed E-state index contributed by atoms with van der Waals surface area (Å²) in [5.41, 5.74) is 6.18. The summed E-state index contributed by atoms with van der Waals surface area (Å²) in [5, 5.41) is 24.6. The Labute approximate surface area is 308 Å². The molecule has 0 radical (unpaired) electrons. The third kappa shape index (κ3) is 28.6. The van der Waals surface area contributed by atoms with Crippen LogP contribution < -0.4 is 48.3 Å². The van der Waals surface area contributed by atoms with Gasteiger partial charge in [0, 0.05) is 62.3 Å². The maximum atomic E-state index is 13.4. The Hall–Kier alpha value is -2.65. The second kappa shape index (κ2) is 32.0. The first-order valence-corrected chi connectivity index (χ1v) is 19.5. The molecule has 0 aromatic rings. The Kier molecular flexibility index (Phi) is 30.4. The summed E-state index contributed by atoms with van der Waals surface area (Å²) in [6.45, 7) is 6.73. The van der Waals surface area contributed by atoms with E-state index in [0.29, 0.717) is 25.7 Å². The summed E-state index contributed by atoms with van der Waals surface area (Å²) in [6.07, 6.45) is 10.3. The van der Waals surface area contributed by atoms with E-state index < -0.39 is 6.04 Å². The maximum absolute atomic E-state index is 13.4. The van der Waals surface area contributed by atoms with Crippen LogP contribution in [0, 0.1) is 0 Å². The molecule has 0 heterocycles. The van der Waals surface area contributed by atoms with E-state index in [-0.39, 0.29) is 79.3 Å². The zero-order chi connectivity index (χ0) is 38.3. The van der Waals surface area contributed by atoms with E-state index in [0.717, 1.165) is 84.0 Å². The van der Waals surface area contributed by atoms with Gasteiger partial charge >= 0.3 is 0 Å². The smallest absolute Gasteiger partial charge is 0.222 e. The summed E-state index contributed by atoms with van der Waals surface area (Å²) in [4.78, 5) is 64.6. The highest BCUT2D eigenvalue weighted by atomic mass is 16.2. The first kappa shape index (κ1) is 48.3. The number of nitrogens with one attached hydrogen (secondary N) is 8. The number of amides is 4. The van der Waals surface area contributed by atoms with Gasteiger partial charge in [0.05, 0.1) is 0 Å². The lowest BCUT2D eigenvalue weighted by atomic mass is 10.0.